The number of carbonyl (C=O) groups is 1. The number of aromatic nitrogens is 1. The molecule has 0 aromatic carbocycles. The number of likely N-dealkylation sites (tertiary alicyclic amines) is 1. The lowest BCUT2D eigenvalue weighted by Crippen LogP contribution is -2.28. The summed E-state index contributed by atoms with van der Waals surface area (Å²) in [4.78, 5) is 18.1. The number of hydrogen-bond acceptors (Lipinski definition) is 3. The molecule has 1 aromatic heterocycles. The van der Waals surface area contributed by atoms with Gasteiger partial charge in [-0.15, -0.1) is 0 Å². The molecule has 1 fully saturated rings. The first kappa shape index (κ1) is 14.6. The largest absolute Gasteiger partial charge is 0.352 e. The van der Waals surface area contributed by atoms with E-state index in [1.807, 2.05) is 0 Å². The minimum absolute atomic E-state index is 0.143. The number of amides is 1. The van der Waals surface area contributed by atoms with Crippen molar-refractivity contribution >= 4 is 29.1 Å². The molecule has 0 unspecified atom stereocenters. The summed E-state index contributed by atoms with van der Waals surface area (Å²) in [6.07, 6.45) is 3.53. The molecule has 0 bridgehead atoms. The summed E-state index contributed by atoms with van der Waals surface area (Å²) in [5.41, 5.74) is 0.368. The Labute approximate surface area is 123 Å². The Morgan fingerprint density at radius 2 is 2.05 bits per heavy atom. The molecular formula is C13H17Cl2N3O. The molecule has 2 rings (SSSR count). The van der Waals surface area contributed by atoms with Crippen molar-refractivity contribution in [1.29, 1.82) is 0 Å². The van der Waals surface area contributed by atoms with Crippen LogP contribution in [0.1, 0.15) is 29.6 Å². The van der Waals surface area contributed by atoms with Crippen molar-refractivity contribution in [2.45, 2.75) is 19.3 Å². The van der Waals surface area contributed by atoms with Crippen molar-refractivity contribution < 1.29 is 4.79 Å². The summed E-state index contributed by atoms with van der Waals surface area (Å²) in [7, 11) is 0. The van der Waals surface area contributed by atoms with Gasteiger partial charge in [0.1, 0.15) is 10.3 Å². The molecule has 4 nitrogen and oxygen atoms in total. The fourth-order valence-electron chi connectivity index (χ4n) is 2.19. The molecule has 2 heterocycles. The first-order valence-electron chi connectivity index (χ1n) is 6.49. The fourth-order valence-corrected chi connectivity index (χ4v) is 2.62. The summed E-state index contributed by atoms with van der Waals surface area (Å²) in [5.74, 6) is -0.199. The van der Waals surface area contributed by atoms with Crippen LogP contribution in [0.5, 0.6) is 0 Å². The van der Waals surface area contributed by atoms with Crippen LogP contribution >= 0.6 is 23.2 Å². The maximum absolute atomic E-state index is 11.9. The molecule has 0 saturated carbocycles. The predicted molar refractivity (Wildman–Crippen MR) is 76.9 cm³/mol. The normalized spacial score (nSPS) is 15.7. The van der Waals surface area contributed by atoms with E-state index in [9.17, 15) is 4.79 Å². The number of halogens is 2. The maximum atomic E-state index is 11.9. The lowest BCUT2D eigenvalue weighted by atomic mass is 10.2. The summed E-state index contributed by atoms with van der Waals surface area (Å²) < 4.78 is 0. The zero-order valence-electron chi connectivity index (χ0n) is 10.7. The van der Waals surface area contributed by atoms with Crippen LogP contribution in [0.25, 0.3) is 0 Å². The summed E-state index contributed by atoms with van der Waals surface area (Å²) in [5, 5.41) is 3.28. The zero-order chi connectivity index (χ0) is 13.7. The highest BCUT2D eigenvalue weighted by molar-refractivity contribution is 6.34. The van der Waals surface area contributed by atoms with Crippen molar-refractivity contribution in [2.75, 3.05) is 26.2 Å². The van der Waals surface area contributed by atoms with E-state index in [1.54, 1.807) is 12.1 Å². The summed E-state index contributed by atoms with van der Waals surface area (Å²) >= 11 is 11.6. The van der Waals surface area contributed by atoms with E-state index in [2.05, 4.69) is 15.2 Å². The Balaban J connectivity index is 1.74. The van der Waals surface area contributed by atoms with E-state index >= 15 is 0 Å². The highest BCUT2D eigenvalue weighted by Crippen LogP contribution is 2.16. The average molecular weight is 302 g/mol. The number of rotatable bonds is 5. The first-order valence-corrected chi connectivity index (χ1v) is 7.25. The second kappa shape index (κ2) is 7.08. The van der Waals surface area contributed by atoms with Gasteiger partial charge in [0, 0.05) is 6.54 Å². The number of nitrogens with zero attached hydrogens (tertiary/aromatic N) is 2. The van der Waals surface area contributed by atoms with E-state index in [0.29, 0.717) is 12.1 Å². The SMILES string of the molecule is O=C(NCCCN1CCCC1)c1ccc(Cl)nc1Cl. The number of carbonyl (C=O) groups excluding carboxylic acids is 1. The van der Waals surface area contributed by atoms with Crippen molar-refractivity contribution in [3.8, 4) is 0 Å². The standard InChI is InChI=1S/C13H17Cl2N3O/c14-11-5-4-10(12(15)17-11)13(19)16-6-3-9-18-7-1-2-8-18/h4-5H,1-3,6-9H2,(H,16,19). The van der Waals surface area contributed by atoms with Crippen LogP contribution < -0.4 is 5.32 Å². The highest BCUT2D eigenvalue weighted by atomic mass is 35.5. The van der Waals surface area contributed by atoms with E-state index in [0.717, 1.165) is 13.0 Å². The molecule has 1 aliphatic rings. The van der Waals surface area contributed by atoms with Crippen LogP contribution in [0.2, 0.25) is 10.3 Å². The Kier molecular flexibility index (Phi) is 5.43. The van der Waals surface area contributed by atoms with Crippen LogP contribution in [-0.2, 0) is 0 Å². The quantitative estimate of drug-likeness (QED) is 0.672. The van der Waals surface area contributed by atoms with E-state index in [-0.39, 0.29) is 16.2 Å². The van der Waals surface area contributed by atoms with Gasteiger partial charge in [0.15, 0.2) is 0 Å². The number of hydrogen-bond donors (Lipinski definition) is 1. The minimum atomic E-state index is -0.199. The maximum Gasteiger partial charge on any atom is 0.254 e. The van der Waals surface area contributed by atoms with Gasteiger partial charge in [0.05, 0.1) is 5.56 Å². The van der Waals surface area contributed by atoms with Crippen LogP contribution in [-0.4, -0.2) is 42.0 Å². The first-order chi connectivity index (χ1) is 9.16. The fraction of sp³-hybridized carbons (Fsp3) is 0.538. The zero-order valence-corrected chi connectivity index (χ0v) is 12.2. The van der Waals surface area contributed by atoms with Gasteiger partial charge in [-0.2, -0.15) is 0 Å². The van der Waals surface area contributed by atoms with Crippen LogP contribution in [0.3, 0.4) is 0 Å². The number of nitrogens with one attached hydrogen (secondary N) is 1. The Hall–Kier alpha value is -0.840. The van der Waals surface area contributed by atoms with Crippen molar-refractivity contribution in [3.63, 3.8) is 0 Å². The molecule has 1 N–H and O–H groups in total. The highest BCUT2D eigenvalue weighted by Gasteiger charge is 2.13. The average Bonchev–Trinajstić information content (AvgIpc) is 2.87. The van der Waals surface area contributed by atoms with E-state index < -0.39 is 0 Å². The Morgan fingerprint density at radius 1 is 1.32 bits per heavy atom. The summed E-state index contributed by atoms with van der Waals surface area (Å²) in [6.45, 7) is 4.04. The van der Waals surface area contributed by atoms with Crippen molar-refractivity contribution in [1.82, 2.24) is 15.2 Å². The molecule has 1 aromatic rings. The smallest absolute Gasteiger partial charge is 0.254 e. The van der Waals surface area contributed by atoms with Gasteiger partial charge in [-0.25, -0.2) is 4.98 Å². The molecule has 0 atom stereocenters. The molecule has 0 aliphatic carbocycles. The third kappa shape index (κ3) is 4.34. The van der Waals surface area contributed by atoms with Gasteiger partial charge in [-0.05, 0) is 51.0 Å². The Morgan fingerprint density at radius 3 is 2.74 bits per heavy atom. The van der Waals surface area contributed by atoms with Gasteiger partial charge < -0.3 is 10.2 Å². The van der Waals surface area contributed by atoms with E-state index in [1.165, 1.54) is 25.9 Å². The predicted octanol–water partition coefficient (Wildman–Crippen LogP) is 2.60. The van der Waals surface area contributed by atoms with Gasteiger partial charge in [-0.3, -0.25) is 4.79 Å². The molecule has 1 amide bonds. The molecule has 19 heavy (non-hydrogen) atoms. The molecule has 0 radical (unpaired) electrons. The second-order valence-electron chi connectivity index (χ2n) is 4.63. The van der Waals surface area contributed by atoms with Crippen LogP contribution in [0.4, 0.5) is 0 Å². The van der Waals surface area contributed by atoms with Gasteiger partial charge in [0.25, 0.3) is 5.91 Å². The molecule has 6 heteroatoms. The summed E-state index contributed by atoms with van der Waals surface area (Å²) in [6, 6.07) is 3.15. The van der Waals surface area contributed by atoms with Crippen molar-refractivity contribution in [3.05, 3.63) is 28.0 Å². The third-order valence-corrected chi connectivity index (χ3v) is 3.69. The molecule has 1 saturated heterocycles. The monoisotopic (exact) mass is 301 g/mol. The lowest BCUT2D eigenvalue weighted by molar-refractivity contribution is 0.0952. The lowest BCUT2D eigenvalue weighted by Gasteiger charge is -2.14. The van der Waals surface area contributed by atoms with Crippen molar-refractivity contribution in [2.24, 2.45) is 0 Å². The van der Waals surface area contributed by atoms with Gasteiger partial charge in [0.2, 0.25) is 0 Å². The van der Waals surface area contributed by atoms with Crippen LogP contribution in [0.15, 0.2) is 12.1 Å². The number of pyridine rings is 1. The Bertz CT molecular complexity index is 448. The van der Waals surface area contributed by atoms with Crippen LogP contribution in [0, 0.1) is 0 Å². The topological polar surface area (TPSA) is 45.2 Å². The van der Waals surface area contributed by atoms with Gasteiger partial charge >= 0.3 is 0 Å². The molecule has 104 valence electrons. The van der Waals surface area contributed by atoms with E-state index in [4.69, 9.17) is 23.2 Å². The third-order valence-electron chi connectivity index (χ3n) is 3.19. The molecule has 1 aliphatic heterocycles. The molecule has 0 spiro atoms. The minimum Gasteiger partial charge on any atom is -0.352 e. The second-order valence-corrected chi connectivity index (χ2v) is 5.38. The molecular weight excluding hydrogens is 285 g/mol. The van der Waals surface area contributed by atoms with Gasteiger partial charge in [-0.1, -0.05) is 23.2 Å².